The molecule has 118 valence electrons. The molecule has 0 bridgehead atoms. The summed E-state index contributed by atoms with van der Waals surface area (Å²) in [6.45, 7) is 4.08. The molecule has 0 fully saturated rings. The molecule has 0 saturated carbocycles. The van der Waals surface area contributed by atoms with Crippen LogP contribution < -0.4 is 15.6 Å². The second-order valence-electron chi connectivity index (χ2n) is 6.35. The third-order valence-electron chi connectivity index (χ3n) is 3.54. The first-order chi connectivity index (χ1) is 10.4. The largest absolute Gasteiger partial charge is 0.497 e. The van der Waals surface area contributed by atoms with Gasteiger partial charge in [-0.1, -0.05) is 26.0 Å². The Bertz CT molecular complexity index is 588. The van der Waals surface area contributed by atoms with Crippen LogP contribution in [0.2, 0.25) is 0 Å². The van der Waals surface area contributed by atoms with Crippen LogP contribution >= 0.6 is 0 Å². The fraction of sp³-hybridized carbons (Fsp3) is 0.412. The molecular weight excluding hydrogens is 280 g/mol. The number of ether oxygens (including phenoxy) is 1. The summed E-state index contributed by atoms with van der Waals surface area (Å²) in [6, 6.07) is 7.34. The minimum absolute atomic E-state index is 0.0745. The summed E-state index contributed by atoms with van der Waals surface area (Å²) in [4.78, 5) is 23.6. The first-order valence-corrected chi connectivity index (χ1v) is 7.29. The molecule has 5 heteroatoms. The molecule has 0 aliphatic heterocycles. The van der Waals surface area contributed by atoms with Gasteiger partial charge in [-0.2, -0.15) is 0 Å². The zero-order valence-electron chi connectivity index (χ0n) is 13.2. The molecule has 0 spiro atoms. The summed E-state index contributed by atoms with van der Waals surface area (Å²) in [7, 11) is 1.60. The Hall–Kier alpha value is -2.30. The predicted molar refractivity (Wildman–Crippen MR) is 84.1 cm³/mol. The first kappa shape index (κ1) is 16.1. The van der Waals surface area contributed by atoms with Crippen LogP contribution in [0.4, 0.5) is 0 Å². The molecule has 1 aliphatic rings. The van der Waals surface area contributed by atoms with Crippen molar-refractivity contribution in [3.8, 4) is 5.75 Å². The number of hydrazine groups is 1. The van der Waals surface area contributed by atoms with Gasteiger partial charge in [0.25, 0.3) is 0 Å². The van der Waals surface area contributed by atoms with Gasteiger partial charge in [0.05, 0.1) is 13.5 Å². The van der Waals surface area contributed by atoms with Crippen LogP contribution in [0.25, 0.3) is 0 Å². The Morgan fingerprint density at radius 3 is 2.50 bits per heavy atom. The average molecular weight is 302 g/mol. The van der Waals surface area contributed by atoms with Crippen LogP contribution in [-0.4, -0.2) is 18.8 Å². The molecule has 2 rings (SSSR count). The quantitative estimate of drug-likeness (QED) is 0.818. The van der Waals surface area contributed by atoms with E-state index in [2.05, 4.69) is 10.9 Å². The summed E-state index contributed by atoms with van der Waals surface area (Å²) in [6.07, 6.45) is 3.11. The molecule has 0 unspecified atom stereocenters. The number of amides is 1. The lowest BCUT2D eigenvalue weighted by Crippen LogP contribution is -2.40. The topological polar surface area (TPSA) is 67.4 Å². The average Bonchev–Trinajstić information content (AvgIpc) is 2.44. The second-order valence-corrected chi connectivity index (χ2v) is 6.35. The van der Waals surface area contributed by atoms with Crippen LogP contribution in [0, 0.1) is 5.41 Å². The van der Waals surface area contributed by atoms with Crippen molar-refractivity contribution in [1.82, 2.24) is 10.9 Å². The summed E-state index contributed by atoms with van der Waals surface area (Å²) in [5.41, 5.74) is 7.09. The van der Waals surface area contributed by atoms with Crippen molar-refractivity contribution in [2.75, 3.05) is 7.11 Å². The van der Waals surface area contributed by atoms with E-state index in [1.807, 2.05) is 38.1 Å². The molecule has 1 aromatic rings. The third-order valence-corrected chi connectivity index (χ3v) is 3.54. The van der Waals surface area contributed by atoms with Crippen LogP contribution in [0.5, 0.6) is 5.75 Å². The van der Waals surface area contributed by atoms with Gasteiger partial charge in [0, 0.05) is 18.2 Å². The zero-order valence-corrected chi connectivity index (χ0v) is 13.2. The Kier molecular flexibility index (Phi) is 4.85. The van der Waals surface area contributed by atoms with Crippen LogP contribution in [0.1, 0.15) is 32.3 Å². The zero-order chi connectivity index (χ0) is 16.2. The fourth-order valence-corrected chi connectivity index (χ4v) is 2.55. The number of rotatable bonds is 5. The van der Waals surface area contributed by atoms with Gasteiger partial charge in [0.2, 0.25) is 5.91 Å². The SMILES string of the molecule is COc1ccc(CC(=O)NNC2=CC(=O)CC(C)(C)C2)cc1. The van der Waals surface area contributed by atoms with E-state index in [1.54, 1.807) is 13.2 Å². The van der Waals surface area contributed by atoms with Crippen molar-refractivity contribution in [2.45, 2.75) is 33.1 Å². The number of ketones is 1. The number of hydrogen-bond donors (Lipinski definition) is 2. The van der Waals surface area contributed by atoms with Gasteiger partial charge in [-0.3, -0.25) is 15.0 Å². The van der Waals surface area contributed by atoms with Gasteiger partial charge in [0.15, 0.2) is 5.78 Å². The van der Waals surface area contributed by atoms with E-state index >= 15 is 0 Å². The van der Waals surface area contributed by atoms with Crippen molar-refractivity contribution in [3.05, 3.63) is 41.6 Å². The van der Waals surface area contributed by atoms with E-state index in [9.17, 15) is 9.59 Å². The van der Waals surface area contributed by atoms with Gasteiger partial charge >= 0.3 is 0 Å². The van der Waals surface area contributed by atoms with E-state index < -0.39 is 0 Å². The lowest BCUT2D eigenvalue weighted by molar-refractivity contribution is -0.121. The van der Waals surface area contributed by atoms with E-state index in [0.29, 0.717) is 6.42 Å². The van der Waals surface area contributed by atoms with Gasteiger partial charge in [-0.05, 0) is 29.5 Å². The van der Waals surface area contributed by atoms with Crippen LogP contribution in [0.3, 0.4) is 0 Å². The monoisotopic (exact) mass is 302 g/mol. The molecule has 0 atom stereocenters. The fourth-order valence-electron chi connectivity index (χ4n) is 2.55. The third kappa shape index (κ3) is 4.62. The van der Waals surface area contributed by atoms with Gasteiger partial charge in [0.1, 0.15) is 5.75 Å². The highest BCUT2D eigenvalue weighted by molar-refractivity contribution is 5.91. The maximum absolute atomic E-state index is 11.9. The highest BCUT2D eigenvalue weighted by Crippen LogP contribution is 2.32. The van der Waals surface area contributed by atoms with Crippen molar-refractivity contribution in [1.29, 1.82) is 0 Å². The normalized spacial score (nSPS) is 16.7. The smallest absolute Gasteiger partial charge is 0.242 e. The maximum atomic E-state index is 11.9. The van der Waals surface area contributed by atoms with Crippen molar-refractivity contribution < 1.29 is 14.3 Å². The summed E-state index contributed by atoms with van der Waals surface area (Å²) in [5.74, 6) is 0.695. The lowest BCUT2D eigenvalue weighted by atomic mass is 9.79. The number of methoxy groups -OCH3 is 1. The van der Waals surface area contributed by atoms with E-state index in [0.717, 1.165) is 23.4 Å². The number of hydrogen-bond acceptors (Lipinski definition) is 4. The number of carbonyl (C=O) groups excluding carboxylic acids is 2. The van der Waals surface area contributed by atoms with Crippen LogP contribution in [-0.2, 0) is 16.0 Å². The highest BCUT2D eigenvalue weighted by atomic mass is 16.5. The minimum Gasteiger partial charge on any atom is -0.497 e. The van der Waals surface area contributed by atoms with Crippen molar-refractivity contribution >= 4 is 11.7 Å². The molecule has 1 amide bonds. The Balaban J connectivity index is 1.86. The molecule has 0 heterocycles. The van der Waals surface area contributed by atoms with E-state index in [-0.39, 0.29) is 23.5 Å². The van der Waals surface area contributed by atoms with E-state index in [1.165, 1.54) is 0 Å². The molecule has 0 saturated heterocycles. The Morgan fingerprint density at radius 1 is 1.23 bits per heavy atom. The molecule has 1 aromatic carbocycles. The lowest BCUT2D eigenvalue weighted by Gasteiger charge is -2.29. The Morgan fingerprint density at radius 2 is 1.91 bits per heavy atom. The minimum atomic E-state index is -0.151. The van der Waals surface area contributed by atoms with Gasteiger partial charge in [-0.15, -0.1) is 0 Å². The summed E-state index contributed by atoms with van der Waals surface area (Å²) in [5, 5.41) is 0. The molecule has 2 N–H and O–H groups in total. The molecule has 0 radical (unpaired) electrons. The number of nitrogens with one attached hydrogen (secondary N) is 2. The molecule has 5 nitrogen and oxygen atoms in total. The second kappa shape index (κ2) is 6.64. The number of benzene rings is 1. The number of allylic oxidation sites excluding steroid dienone is 2. The summed E-state index contributed by atoms with van der Waals surface area (Å²) < 4.78 is 5.08. The highest BCUT2D eigenvalue weighted by Gasteiger charge is 2.27. The summed E-state index contributed by atoms with van der Waals surface area (Å²) >= 11 is 0. The van der Waals surface area contributed by atoms with Gasteiger partial charge < -0.3 is 10.2 Å². The van der Waals surface area contributed by atoms with Crippen molar-refractivity contribution in [2.24, 2.45) is 5.41 Å². The Labute approximate surface area is 130 Å². The maximum Gasteiger partial charge on any atom is 0.242 e. The number of carbonyl (C=O) groups is 2. The first-order valence-electron chi connectivity index (χ1n) is 7.29. The molecule has 22 heavy (non-hydrogen) atoms. The standard InChI is InChI=1S/C17H22N2O3/c1-17(2)10-13(9-14(20)11-17)18-19-16(21)8-12-4-6-15(22-3)7-5-12/h4-7,9,18H,8,10-11H2,1-3H3,(H,19,21). The molecule has 1 aliphatic carbocycles. The van der Waals surface area contributed by atoms with E-state index in [4.69, 9.17) is 4.74 Å². The van der Waals surface area contributed by atoms with Crippen molar-refractivity contribution in [3.63, 3.8) is 0 Å². The van der Waals surface area contributed by atoms with Gasteiger partial charge in [-0.25, -0.2) is 0 Å². The molecule has 0 aromatic heterocycles. The molecular formula is C17H22N2O3. The van der Waals surface area contributed by atoms with Crippen LogP contribution in [0.15, 0.2) is 36.0 Å². The predicted octanol–water partition coefficient (Wildman–Crippen LogP) is 2.13.